The third-order valence-electron chi connectivity index (χ3n) is 5.16. The molecule has 0 fully saturated rings. The van der Waals surface area contributed by atoms with Gasteiger partial charge in [0.25, 0.3) is 5.91 Å². The number of ether oxygens (including phenoxy) is 2. The summed E-state index contributed by atoms with van der Waals surface area (Å²) in [6, 6.07) is 13.9. The van der Waals surface area contributed by atoms with Gasteiger partial charge < -0.3 is 14.4 Å². The molecule has 28 heavy (non-hydrogen) atoms. The Morgan fingerprint density at radius 2 is 1.71 bits per heavy atom. The molecular formula is C22H23N3O3. The summed E-state index contributed by atoms with van der Waals surface area (Å²) in [5.74, 6) is 1.35. The molecule has 4 rings (SSSR count). The number of aromatic amines is 1. The molecule has 2 aromatic carbocycles. The number of rotatable bonds is 4. The van der Waals surface area contributed by atoms with Gasteiger partial charge in [0.1, 0.15) is 5.69 Å². The first-order valence-corrected chi connectivity index (χ1v) is 9.24. The van der Waals surface area contributed by atoms with Crippen LogP contribution in [0.15, 0.2) is 42.5 Å². The number of nitrogens with zero attached hydrogens (tertiary/aromatic N) is 2. The number of aryl methyl sites for hydroxylation is 1. The predicted octanol–water partition coefficient (Wildman–Crippen LogP) is 3.60. The number of carbonyl (C=O) groups excluding carboxylic acids is 1. The molecule has 2 heterocycles. The summed E-state index contributed by atoms with van der Waals surface area (Å²) in [4.78, 5) is 14.8. The number of carbonyl (C=O) groups is 1. The highest BCUT2D eigenvalue weighted by molar-refractivity contribution is 5.93. The number of aromatic nitrogens is 2. The SMILES string of the molecule is COc1cc2c(cc1OC)CN(C(=O)c1cc(-c3ccc(C)cc3)n[nH]1)CC2. The average Bonchev–Trinajstić information content (AvgIpc) is 3.22. The van der Waals surface area contributed by atoms with Crippen molar-refractivity contribution in [1.82, 2.24) is 15.1 Å². The minimum absolute atomic E-state index is 0.0497. The number of amides is 1. The molecular weight excluding hydrogens is 354 g/mol. The van der Waals surface area contributed by atoms with Crippen molar-refractivity contribution in [3.63, 3.8) is 0 Å². The smallest absolute Gasteiger partial charge is 0.272 e. The first-order chi connectivity index (χ1) is 13.6. The monoisotopic (exact) mass is 377 g/mol. The molecule has 6 nitrogen and oxygen atoms in total. The molecule has 3 aromatic rings. The van der Waals surface area contributed by atoms with Crippen LogP contribution in [-0.2, 0) is 13.0 Å². The van der Waals surface area contributed by atoms with E-state index in [9.17, 15) is 4.79 Å². The maximum absolute atomic E-state index is 13.0. The van der Waals surface area contributed by atoms with Crippen molar-refractivity contribution in [2.45, 2.75) is 19.9 Å². The third kappa shape index (κ3) is 3.33. The van der Waals surface area contributed by atoms with E-state index in [4.69, 9.17) is 9.47 Å². The molecule has 0 unspecified atom stereocenters. The van der Waals surface area contributed by atoms with Gasteiger partial charge in [0, 0.05) is 18.7 Å². The summed E-state index contributed by atoms with van der Waals surface area (Å²) in [6.07, 6.45) is 0.778. The quantitative estimate of drug-likeness (QED) is 0.754. The summed E-state index contributed by atoms with van der Waals surface area (Å²) in [7, 11) is 3.25. The largest absolute Gasteiger partial charge is 0.493 e. The first kappa shape index (κ1) is 18.1. The highest BCUT2D eigenvalue weighted by Gasteiger charge is 2.25. The van der Waals surface area contributed by atoms with Crippen LogP contribution in [0.3, 0.4) is 0 Å². The molecule has 1 aliphatic rings. The Bertz CT molecular complexity index is 1010. The lowest BCUT2D eigenvalue weighted by Gasteiger charge is -2.29. The number of hydrogen-bond acceptors (Lipinski definition) is 4. The molecule has 1 amide bonds. The Morgan fingerprint density at radius 1 is 1.04 bits per heavy atom. The van der Waals surface area contributed by atoms with Crippen LogP contribution in [0, 0.1) is 6.92 Å². The summed E-state index contributed by atoms with van der Waals surface area (Å²) in [6.45, 7) is 3.23. The Labute approximate surface area is 164 Å². The van der Waals surface area contributed by atoms with Crippen molar-refractivity contribution < 1.29 is 14.3 Å². The molecule has 0 saturated carbocycles. The van der Waals surface area contributed by atoms with Crippen LogP contribution in [0.25, 0.3) is 11.3 Å². The Balaban J connectivity index is 1.54. The molecule has 0 aliphatic carbocycles. The van der Waals surface area contributed by atoms with Crippen LogP contribution in [0.5, 0.6) is 11.5 Å². The van der Waals surface area contributed by atoms with Crippen molar-refractivity contribution in [3.05, 3.63) is 64.8 Å². The highest BCUT2D eigenvalue weighted by Crippen LogP contribution is 2.33. The minimum atomic E-state index is -0.0497. The zero-order valence-electron chi connectivity index (χ0n) is 16.3. The normalized spacial score (nSPS) is 13.2. The fraction of sp³-hybridized carbons (Fsp3) is 0.273. The van der Waals surface area contributed by atoms with Crippen molar-refractivity contribution in [2.75, 3.05) is 20.8 Å². The third-order valence-corrected chi connectivity index (χ3v) is 5.16. The average molecular weight is 377 g/mol. The molecule has 1 aliphatic heterocycles. The number of fused-ring (bicyclic) bond motifs is 1. The van der Waals surface area contributed by atoms with Crippen molar-refractivity contribution >= 4 is 5.91 Å². The number of H-pyrrole nitrogens is 1. The summed E-state index contributed by atoms with van der Waals surface area (Å²) in [5, 5.41) is 7.21. The van der Waals surface area contributed by atoms with E-state index in [1.807, 2.05) is 54.3 Å². The van der Waals surface area contributed by atoms with Crippen LogP contribution in [0.1, 0.15) is 27.2 Å². The summed E-state index contributed by atoms with van der Waals surface area (Å²) < 4.78 is 10.8. The van der Waals surface area contributed by atoms with E-state index in [2.05, 4.69) is 10.2 Å². The Morgan fingerprint density at radius 3 is 2.39 bits per heavy atom. The molecule has 6 heteroatoms. The van der Waals surface area contributed by atoms with Gasteiger partial charge in [0.2, 0.25) is 0 Å². The molecule has 0 saturated heterocycles. The van der Waals surface area contributed by atoms with E-state index >= 15 is 0 Å². The van der Waals surface area contributed by atoms with Crippen LogP contribution < -0.4 is 9.47 Å². The Hall–Kier alpha value is -3.28. The van der Waals surface area contributed by atoms with E-state index in [1.165, 1.54) is 11.1 Å². The maximum Gasteiger partial charge on any atom is 0.272 e. The number of nitrogens with one attached hydrogen (secondary N) is 1. The number of methoxy groups -OCH3 is 2. The van der Waals surface area contributed by atoms with Crippen LogP contribution in [0.2, 0.25) is 0 Å². The fourth-order valence-electron chi connectivity index (χ4n) is 3.53. The zero-order valence-corrected chi connectivity index (χ0v) is 16.3. The summed E-state index contributed by atoms with van der Waals surface area (Å²) >= 11 is 0. The predicted molar refractivity (Wildman–Crippen MR) is 107 cm³/mol. The van der Waals surface area contributed by atoms with Gasteiger partial charge in [-0.3, -0.25) is 9.89 Å². The van der Waals surface area contributed by atoms with Crippen LogP contribution in [-0.4, -0.2) is 41.8 Å². The molecule has 0 radical (unpaired) electrons. The van der Waals surface area contributed by atoms with Crippen molar-refractivity contribution in [1.29, 1.82) is 0 Å². The van der Waals surface area contributed by atoms with Gasteiger partial charge in [0.05, 0.1) is 19.9 Å². The summed E-state index contributed by atoms with van der Waals surface area (Å²) in [5.41, 5.74) is 5.71. The minimum Gasteiger partial charge on any atom is -0.493 e. The topological polar surface area (TPSA) is 67.5 Å². The first-order valence-electron chi connectivity index (χ1n) is 9.24. The molecule has 0 bridgehead atoms. The van der Waals surface area contributed by atoms with E-state index in [0.29, 0.717) is 24.5 Å². The van der Waals surface area contributed by atoms with E-state index < -0.39 is 0 Å². The number of hydrogen-bond donors (Lipinski definition) is 1. The van der Waals surface area contributed by atoms with Crippen molar-refractivity contribution in [3.8, 4) is 22.8 Å². The molecule has 0 atom stereocenters. The fourth-order valence-corrected chi connectivity index (χ4v) is 3.53. The van der Waals surface area contributed by atoms with Crippen LogP contribution >= 0.6 is 0 Å². The van der Waals surface area contributed by atoms with Crippen LogP contribution in [0.4, 0.5) is 0 Å². The van der Waals surface area contributed by atoms with Gasteiger partial charge in [-0.15, -0.1) is 0 Å². The lowest BCUT2D eigenvalue weighted by Crippen LogP contribution is -2.36. The van der Waals surface area contributed by atoms with E-state index in [-0.39, 0.29) is 5.91 Å². The van der Waals surface area contributed by atoms with Gasteiger partial charge in [0.15, 0.2) is 11.5 Å². The molecule has 1 aromatic heterocycles. The van der Waals surface area contributed by atoms with Gasteiger partial charge >= 0.3 is 0 Å². The molecule has 1 N–H and O–H groups in total. The second-order valence-corrected chi connectivity index (χ2v) is 6.99. The molecule has 144 valence electrons. The molecule has 0 spiro atoms. The van der Waals surface area contributed by atoms with Crippen molar-refractivity contribution in [2.24, 2.45) is 0 Å². The van der Waals surface area contributed by atoms with E-state index in [0.717, 1.165) is 29.0 Å². The second kappa shape index (κ2) is 7.38. The standard InChI is InChI=1S/C22H23N3O3/c1-14-4-6-15(7-5-14)18-12-19(24-23-18)22(26)25-9-8-16-10-20(27-2)21(28-3)11-17(16)13-25/h4-7,10-12H,8-9,13H2,1-3H3,(H,23,24). The lowest BCUT2D eigenvalue weighted by molar-refractivity contribution is 0.0728. The zero-order chi connectivity index (χ0) is 19.7. The number of benzene rings is 2. The second-order valence-electron chi connectivity index (χ2n) is 6.99. The maximum atomic E-state index is 13.0. The lowest BCUT2D eigenvalue weighted by atomic mass is 9.98. The Kier molecular flexibility index (Phi) is 4.77. The highest BCUT2D eigenvalue weighted by atomic mass is 16.5. The van der Waals surface area contributed by atoms with E-state index in [1.54, 1.807) is 14.2 Å². The van der Waals surface area contributed by atoms with Gasteiger partial charge in [-0.05, 0) is 42.7 Å². The van der Waals surface area contributed by atoms with Gasteiger partial charge in [-0.2, -0.15) is 5.10 Å². The van der Waals surface area contributed by atoms with Gasteiger partial charge in [-0.1, -0.05) is 29.8 Å². The van der Waals surface area contributed by atoms with Gasteiger partial charge in [-0.25, -0.2) is 0 Å².